The van der Waals surface area contributed by atoms with Gasteiger partial charge in [0.15, 0.2) is 0 Å². The quantitative estimate of drug-likeness (QED) is 0.854. The van der Waals surface area contributed by atoms with Gasteiger partial charge in [-0.3, -0.25) is 4.98 Å². The summed E-state index contributed by atoms with van der Waals surface area (Å²) in [5.74, 6) is 0. The third-order valence-corrected chi connectivity index (χ3v) is 3.73. The number of aromatic nitrogens is 1. The van der Waals surface area contributed by atoms with Crippen molar-refractivity contribution in [3.63, 3.8) is 0 Å². The summed E-state index contributed by atoms with van der Waals surface area (Å²) in [5.41, 5.74) is 7.52. The number of fused-ring (bicyclic) bond motifs is 1. The van der Waals surface area contributed by atoms with E-state index in [4.69, 9.17) is 11.6 Å². The van der Waals surface area contributed by atoms with E-state index in [0.29, 0.717) is 11.6 Å². The normalized spacial score (nSPS) is 13.6. The number of rotatable bonds is 5. The molecule has 111 valence electrons. The van der Waals surface area contributed by atoms with Crippen LogP contribution in [0.4, 0.5) is 5.69 Å². The van der Waals surface area contributed by atoms with Crippen molar-refractivity contribution in [2.45, 2.75) is 0 Å². The first-order valence-electron chi connectivity index (χ1n) is 7.13. The highest BCUT2D eigenvalue weighted by molar-refractivity contribution is 6.31. The van der Waals surface area contributed by atoms with E-state index in [-0.39, 0.29) is 0 Å². The van der Waals surface area contributed by atoms with Gasteiger partial charge in [0, 0.05) is 41.0 Å². The monoisotopic (exact) mass is 310 g/mol. The van der Waals surface area contributed by atoms with E-state index in [9.17, 15) is 0 Å². The average Bonchev–Trinajstić information content (AvgIpc) is 2.91. The maximum Gasteiger partial charge on any atom is 0.0737 e. The van der Waals surface area contributed by atoms with Gasteiger partial charge >= 0.3 is 0 Å². The Morgan fingerprint density at radius 1 is 1.23 bits per heavy atom. The smallest absolute Gasteiger partial charge is 0.0737 e. The second kappa shape index (κ2) is 6.37. The minimum atomic E-state index is 0.699. The highest BCUT2D eigenvalue weighted by Crippen LogP contribution is 2.25. The maximum atomic E-state index is 6.02. The van der Waals surface area contributed by atoms with Crippen molar-refractivity contribution in [1.29, 1.82) is 0 Å². The van der Waals surface area contributed by atoms with Crippen molar-refractivity contribution in [3.05, 3.63) is 64.5 Å². The first-order valence-corrected chi connectivity index (χ1v) is 7.51. The van der Waals surface area contributed by atoms with Crippen LogP contribution in [0.15, 0.2) is 53.4 Å². The van der Waals surface area contributed by atoms with Crippen LogP contribution in [0.5, 0.6) is 0 Å². The van der Waals surface area contributed by atoms with E-state index >= 15 is 0 Å². The number of pyridine rings is 1. The first-order chi connectivity index (χ1) is 10.6. The first kappa shape index (κ1) is 14.9. The molecule has 0 bridgehead atoms. The number of halogens is 1. The van der Waals surface area contributed by atoms with Crippen molar-refractivity contribution in [2.75, 3.05) is 32.5 Å². The van der Waals surface area contributed by atoms with Crippen LogP contribution in [0.2, 0.25) is 5.02 Å². The van der Waals surface area contributed by atoms with Gasteiger partial charge in [-0.25, -0.2) is 0 Å². The Morgan fingerprint density at radius 3 is 2.91 bits per heavy atom. The molecule has 3 rings (SSSR count). The molecule has 3 nitrogen and oxygen atoms in total. The summed E-state index contributed by atoms with van der Waals surface area (Å²) in [6.07, 6.45) is 6.91. The van der Waals surface area contributed by atoms with Gasteiger partial charge < -0.3 is 10.2 Å². The Bertz CT molecular complexity index is 799. The fourth-order valence-electron chi connectivity index (χ4n) is 2.46. The minimum Gasteiger partial charge on any atom is -0.380 e. The van der Waals surface area contributed by atoms with Crippen molar-refractivity contribution in [1.82, 2.24) is 9.88 Å². The largest absolute Gasteiger partial charge is 0.380 e. The summed E-state index contributed by atoms with van der Waals surface area (Å²) < 4.78 is 0. The van der Waals surface area contributed by atoms with Gasteiger partial charge in [0.2, 0.25) is 0 Å². The molecule has 1 radical (unpaired) electrons. The third kappa shape index (κ3) is 3.23. The van der Waals surface area contributed by atoms with Crippen molar-refractivity contribution in [2.24, 2.45) is 0 Å². The number of likely N-dealkylation sites (N-methyl/N-ethyl adjacent to an activating group) is 1. The van der Waals surface area contributed by atoms with Gasteiger partial charge in [-0.05, 0) is 56.1 Å². The van der Waals surface area contributed by atoms with Crippen LogP contribution in [-0.2, 0) is 0 Å². The molecule has 4 heteroatoms. The lowest BCUT2D eigenvalue weighted by atomic mass is 10.1. The van der Waals surface area contributed by atoms with Gasteiger partial charge in [0.25, 0.3) is 0 Å². The van der Waals surface area contributed by atoms with E-state index < -0.39 is 0 Å². The summed E-state index contributed by atoms with van der Waals surface area (Å²) in [4.78, 5) is 6.49. The molecule has 1 heterocycles. The number of benzene rings is 1. The number of hydrogen-bond donors (Lipinski definition) is 1. The maximum absolute atomic E-state index is 6.02. The zero-order chi connectivity index (χ0) is 15.5. The van der Waals surface area contributed by atoms with E-state index in [0.717, 1.165) is 28.7 Å². The van der Waals surface area contributed by atoms with Crippen LogP contribution in [0.1, 0.15) is 0 Å². The molecule has 2 aromatic rings. The van der Waals surface area contributed by atoms with Gasteiger partial charge in [-0.1, -0.05) is 11.6 Å². The van der Waals surface area contributed by atoms with Gasteiger partial charge in [-0.15, -0.1) is 5.73 Å². The molecule has 1 aliphatic rings. The van der Waals surface area contributed by atoms with Gasteiger partial charge in [0.05, 0.1) is 5.52 Å². The highest BCUT2D eigenvalue weighted by atomic mass is 35.5. The molecule has 0 saturated carbocycles. The van der Waals surface area contributed by atoms with Crippen LogP contribution in [0, 0.1) is 6.08 Å². The van der Waals surface area contributed by atoms with Gasteiger partial charge in [0.1, 0.15) is 0 Å². The van der Waals surface area contributed by atoms with Crippen LogP contribution < -0.4 is 5.32 Å². The molecule has 0 aliphatic heterocycles. The zero-order valence-electron chi connectivity index (χ0n) is 12.7. The molecule has 0 saturated heterocycles. The van der Waals surface area contributed by atoms with Crippen molar-refractivity contribution >= 4 is 28.2 Å². The lowest BCUT2D eigenvalue weighted by molar-refractivity contribution is 0.447. The Kier molecular flexibility index (Phi) is 4.30. The van der Waals surface area contributed by atoms with E-state index in [1.54, 1.807) is 6.20 Å². The Morgan fingerprint density at radius 2 is 2.09 bits per heavy atom. The number of hydrogen-bond acceptors (Lipinski definition) is 3. The predicted molar refractivity (Wildman–Crippen MR) is 92.1 cm³/mol. The summed E-state index contributed by atoms with van der Waals surface area (Å²) >= 11 is 6.02. The lowest BCUT2D eigenvalue weighted by Gasteiger charge is -2.15. The fourth-order valence-corrected chi connectivity index (χ4v) is 2.62. The fraction of sp³-hybridized carbons (Fsp3) is 0.222. The summed E-state index contributed by atoms with van der Waals surface area (Å²) in [5, 5.41) is 5.24. The summed E-state index contributed by atoms with van der Waals surface area (Å²) in [6.45, 7) is 1.58. The van der Waals surface area contributed by atoms with E-state index in [1.807, 2.05) is 30.3 Å². The number of anilines is 1. The average molecular weight is 311 g/mol. The Hall–Kier alpha value is -2.06. The second-order valence-corrected chi connectivity index (χ2v) is 5.94. The second-order valence-electron chi connectivity index (χ2n) is 5.50. The van der Waals surface area contributed by atoms with Crippen LogP contribution in [0.3, 0.4) is 0 Å². The zero-order valence-corrected chi connectivity index (χ0v) is 13.4. The van der Waals surface area contributed by atoms with Crippen molar-refractivity contribution < 1.29 is 0 Å². The van der Waals surface area contributed by atoms with Crippen LogP contribution >= 0.6 is 11.6 Å². The number of nitrogens with zero attached hydrogens (tertiary/aromatic N) is 2. The molecule has 1 N–H and O–H groups in total. The number of nitrogens with one attached hydrogen (secondary N) is 1. The molecule has 0 fully saturated rings. The predicted octanol–water partition coefficient (Wildman–Crippen LogP) is 3.69. The van der Waals surface area contributed by atoms with Gasteiger partial charge in [-0.2, -0.15) is 0 Å². The highest BCUT2D eigenvalue weighted by Gasteiger charge is 2.10. The summed E-state index contributed by atoms with van der Waals surface area (Å²) in [6, 6.07) is 7.74. The minimum absolute atomic E-state index is 0.699. The third-order valence-electron chi connectivity index (χ3n) is 3.49. The van der Waals surface area contributed by atoms with Crippen LogP contribution in [0.25, 0.3) is 10.9 Å². The molecular weight excluding hydrogens is 294 g/mol. The molecule has 0 amide bonds. The standard InChI is InChI=1S/C18H17ClN3/c1-22(2)12-14-5-3-4-13(14)11-21-17-8-9-20-18-10-15(19)6-7-16(17)18/h3,6-10H,11-12H2,1-2H3,(H,20,21). The molecule has 1 aromatic heterocycles. The van der Waals surface area contributed by atoms with Crippen molar-refractivity contribution in [3.8, 4) is 0 Å². The summed E-state index contributed by atoms with van der Waals surface area (Å²) in [7, 11) is 4.11. The molecular formula is C18H17ClN3. The molecule has 0 unspecified atom stereocenters. The van der Waals surface area contributed by atoms with E-state index in [2.05, 4.69) is 41.1 Å². The molecule has 22 heavy (non-hydrogen) atoms. The molecule has 1 aromatic carbocycles. The SMILES string of the molecule is CN(C)CC1=C=C[C]=C1CNc1ccnc2cc(Cl)ccc12. The Balaban J connectivity index is 1.77. The molecule has 0 atom stereocenters. The lowest BCUT2D eigenvalue weighted by Crippen LogP contribution is -2.17. The Labute approximate surface area is 135 Å². The van der Waals surface area contributed by atoms with Crippen LogP contribution in [-0.4, -0.2) is 37.1 Å². The molecule has 1 aliphatic carbocycles. The number of allylic oxidation sites excluding steroid dienone is 1. The topological polar surface area (TPSA) is 28.2 Å². The molecule has 0 spiro atoms. The van der Waals surface area contributed by atoms with E-state index in [1.165, 1.54) is 5.57 Å².